The van der Waals surface area contributed by atoms with E-state index in [4.69, 9.17) is 29.4 Å². The maximum Gasteiger partial charge on any atom is 0.220 e. The summed E-state index contributed by atoms with van der Waals surface area (Å²) in [5.74, 6) is 3.16. The summed E-state index contributed by atoms with van der Waals surface area (Å²) >= 11 is 0. The Morgan fingerprint density at radius 3 is 1.79 bits per heavy atom. The Balaban J connectivity index is 0.535. The average molecular weight is 1040 g/mol. The number of benzene rings is 6. The van der Waals surface area contributed by atoms with Crippen LogP contribution in [0.2, 0.25) is 0 Å². The summed E-state index contributed by atoms with van der Waals surface area (Å²) in [4.78, 5) is 61.9. The van der Waals surface area contributed by atoms with Gasteiger partial charge < -0.3 is 44.4 Å². The molecule has 8 aromatic rings. The molecule has 1 amide bonds. The van der Waals surface area contributed by atoms with E-state index in [9.17, 15) is 9.59 Å². The van der Waals surface area contributed by atoms with Crippen molar-refractivity contribution < 1.29 is 19.1 Å². The SMILES string of the molecule is CN1CCN(c2ccc3c(c2)N=C(c2ccc4c(c2)CC(c2cccc(OCCCC(=O)CCCNC(=O)CCCOc5cccc(-c6nc7ccc(-c8nc9ccc(N%10CCN(C)CC%10)cc9[nH]8)cc7[nH]6)c5)c2)=N4)C3)CC1. The van der Waals surface area contributed by atoms with Crippen molar-refractivity contribution in [1.29, 1.82) is 0 Å². The summed E-state index contributed by atoms with van der Waals surface area (Å²) < 4.78 is 12.2. The fraction of sp³-hybridized carbons (Fsp3) is 0.333. The zero-order valence-electron chi connectivity index (χ0n) is 44.7. The number of hydrogen-bond donors (Lipinski definition) is 3. The molecule has 3 N–H and O–H groups in total. The number of H-pyrrole nitrogens is 2. The number of nitrogens with zero attached hydrogens (tertiary/aromatic N) is 8. The molecule has 0 bridgehead atoms. The standard InChI is InChI=1S/C63H67N11O4/c1-71-24-28-73(29-25-71)48-18-15-44-37-56(66-58(44)40-48)43-16-20-53-47(34-43)39-57(65-53)42-8-3-12-51(35-42)77-32-6-11-50(75)10-5-23-64-61(76)14-7-33-78-52-13-4-9-45(36-52)62-67-54-21-17-46(38-59(54)69-62)63-68-55-22-19-49(41-60(55)70-63)74-30-26-72(2)27-31-74/h3-4,8-9,12-13,15-22,34-36,38,40-41H,5-7,10-11,14,23-33,37,39H2,1-2H3,(H,64,76)(H,67,69)(H,68,70). The first kappa shape index (κ1) is 50.7. The molecule has 12 rings (SSSR count). The van der Waals surface area contributed by atoms with Gasteiger partial charge in [-0.05, 0) is 141 Å². The van der Waals surface area contributed by atoms with Crippen molar-refractivity contribution in [3.8, 4) is 34.3 Å². The Bertz CT molecular complexity index is 3560. The van der Waals surface area contributed by atoms with Crippen LogP contribution in [-0.4, -0.2) is 139 Å². The third-order valence-electron chi connectivity index (χ3n) is 15.6. The Kier molecular flexibility index (Phi) is 14.8. The minimum Gasteiger partial charge on any atom is -0.494 e. The first-order valence-corrected chi connectivity index (χ1v) is 27.7. The van der Waals surface area contributed by atoms with Gasteiger partial charge in [0.1, 0.15) is 28.9 Å². The van der Waals surface area contributed by atoms with Crippen LogP contribution in [0, 0.1) is 0 Å². The van der Waals surface area contributed by atoms with Crippen molar-refractivity contribution in [2.75, 3.05) is 96.0 Å². The molecule has 0 unspecified atom stereocenters. The van der Waals surface area contributed by atoms with Gasteiger partial charge in [-0.3, -0.25) is 19.6 Å². The van der Waals surface area contributed by atoms with Gasteiger partial charge in [0.25, 0.3) is 0 Å². The summed E-state index contributed by atoms with van der Waals surface area (Å²) in [6.07, 6.45) is 4.57. The number of rotatable bonds is 20. The van der Waals surface area contributed by atoms with Crippen LogP contribution < -0.4 is 24.6 Å². The highest BCUT2D eigenvalue weighted by Gasteiger charge is 2.23. The van der Waals surface area contributed by atoms with E-state index in [-0.39, 0.29) is 11.7 Å². The molecular formula is C63H67N11O4. The molecule has 0 spiro atoms. The van der Waals surface area contributed by atoms with E-state index in [1.807, 2.05) is 48.5 Å². The summed E-state index contributed by atoms with van der Waals surface area (Å²) in [5, 5.41) is 2.96. The quantitative estimate of drug-likeness (QED) is 0.0627. The Labute approximate surface area is 455 Å². The van der Waals surface area contributed by atoms with Gasteiger partial charge in [-0.25, -0.2) is 9.97 Å². The highest BCUT2D eigenvalue weighted by Crippen LogP contribution is 2.37. The van der Waals surface area contributed by atoms with Crippen LogP contribution in [0.25, 0.3) is 44.8 Å². The molecule has 0 aliphatic carbocycles. The Morgan fingerprint density at radius 2 is 1.08 bits per heavy atom. The fourth-order valence-corrected chi connectivity index (χ4v) is 10.9. The Morgan fingerprint density at radius 1 is 0.526 bits per heavy atom. The summed E-state index contributed by atoms with van der Waals surface area (Å²) in [6, 6.07) is 41.8. The van der Waals surface area contributed by atoms with Crippen molar-refractivity contribution in [3.05, 3.63) is 144 Å². The lowest BCUT2D eigenvalue weighted by molar-refractivity contribution is -0.122. The molecule has 6 heterocycles. The van der Waals surface area contributed by atoms with Crippen LogP contribution in [0.4, 0.5) is 22.7 Å². The summed E-state index contributed by atoms with van der Waals surface area (Å²) in [5.41, 5.74) is 17.0. The van der Waals surface area contributed by atoms with Gasteiger partial charge in [-0.2, -0.15) is 0 Å². The van der Waals surface area contributed by atoms with E-state index >= 15 is 0 Å². The zero-order valence-corrected chi connectivity index (χ0v) is 44.7. The number of carbonyl (C=O) groups excluding carboxylic acids is 2. The molecule has 4 aliphatic rings. The van der Waals surface area contributed by atoms with Gasteiger partial charge in [0, 0.05) is 114 Å². The number of imidazole rings is 2. The minimum absolute atomic E-state index is 0.0482. The topological polar surface area (TPSA) is 160 Å². The molecule has 0 saturated carbocycles. The van der Waals surface area contributed by atoms with Crippen LogP contribution >= 0.6 is 0 Å². The van der Waals surface area contributed by atoms with Crippen molar-refractivity contribution in [2.24, 2.45) is 9.98 Å². The largest absolute Gasteiger partial charge is 0.494 e. The van der Waals surface area contributed by atoms with Crippen LogP contribution in [0.3, 0.4) is 0 Å². The van der Waals surface area contributed by atoms with Crippen LogP contribution in [0.1, 0.15) is 60.8 Å². The van der Waals surface area contributed by atoms with Gasteiger partial charge in [0.05, 0.1) is 58.1 Å². The zero-order chi connectivity index (χ0) is 53.0. The number of anilines is 2. The molecule has 2 saturated heterocycles. The average Bonchev–Trinajstić information content (AvgIpc) is 4.36. The van der Waals surface area contributed by atoms with E-state index in [0.29, 0.717) is 64.0 Å². The number of aromatic nitrogens is 4. The van der Waals surface area contributed by atoms with Crippen molar-refractivity contribution in [1.82, 2.24) is 35.1 Å². The predicted octanol–water partition coefficient (Wildman–Crippen LogP) is 10.1. The van der Waals surface area contributed by atoms with Gasteiger partial charge in [-0.15, -0.1) is 0 Å². The number of piperazine rings is 2. The lowest BCUT2D eigenvalue weighted by atomic mass is 9.99. The fourth-order valence-electron chi connectivity index (χ4n) is 10.9. The number of Topliss-reactive ketones (excluding diaryl/α,β-unsaturated/α-hetero) is 1. The molecule has 15 heteroatoms. The number of carbonyl (C=O) groups is 2. The number of nitrogens with one attached hydrogen (secondary N) is 3. The number of fused-ring (bicyclic) bond motifs is 4. The van der Waals surface area contributed by atoms with Gasteiger partial charge in [-0.1, -0.05) is 36.4 Å². The number of amides is 1. The second-order valence-corrected chi connectivity index (χ2v) is 21.3. The van der Waals surface area contributed by atoms with Crippen molar-refractivity contribution >= 4 is 67.9 Å². The normalized spacial score (nSPS) is 15.6. The predicted molar refractivity (Wildman–Crippen MR) is 312 cm³/mol. The highest BCUT2D eigenvalue weighted by atomic mass is 16.5. The smallest absolute Gasteiger partial charge is 0.220 e. The third kappa shape index (κ3) is 11.7. The molecule has 2 aromatic heterocycles. The minimum atomic E-state index is -0.0482. The van der Waals surface area contributed by atoms with Crippen LogP contribution in [-0.2, 0) is 22.4 Å². The maximum atomic E-state index is 12.7. The maximum absolute atomic E-state index is 12.7. The van der Waals surface area contributed by atoms with Crippen molar-refractivity contribution in [2.45, 2.75) is 51.4 Å². The van der Waals surface area contributed by atoms with Gasteiger partial charge in [0.2, 0.25) is 5.91 Å². The van der Waals surface area contributed by atoms with E-state index in [2.05, 4.69) is 122 Å². The van der Waals surface area contributed by atoms with Gasteiger partial charge in [0.15, 0.2) is 0 Å². The molecule has 0 radical (unpaired) electrons. The molecule has 15 nitrogen and oxygen atoms in total. The second kappa shape index (κ2) is 22.8. The third-order valence-corrected chi connectivity index (χ3v) is 15.6. The molecule has 398 valence electrons. The molecule has 0 atom stereocenters. The highest BCUT2D eigenvalue weighted by molar-refractivity contribution is 6.10. The van der Waals surface area contributed by atoms with Crippen LogP contribution in [0.5, 0.6) is 11.5 Å². The summed E-state index contributed by atoms with van der Waals surface area (Å²) in [6.45, 7) is 9.71. The molecular weight excluding hydrogens is 975 g/mol. The lowest BCUT2D eigenvalue weighted by Gasteiger charge is -2.34. The monoisotopic (exact) mass is 1040 g/mol. The van der Waals surface area contributed by atoms with Crippen molar-refractivity contribution in [3.63, 3.8) is 0 Å². The van der Waals surface area contributed by atoms with E-state index in [1.54, 1.807) is 0 Å². The van der Waals surface area contributed by atoms with E-state index < -0.39 is 0 Å². The Hall–Kier alpha value is -8.14. The van der Waals surface area contributed by atoms with Gasteiger partial charge >= 0.3 is 0 Å². The number of aliphatic imine (C=N–C) groups is 2. The van der Waals surface area contributed by atoms with E-state index in [0.717, 1.165) is 150 Å². The second-order valence-electron chi connectivity index (χ2n) is 21.3. The number of aromatic amines is 2. The molecule has 2 fully saturated rings. The number of ketones is 1. The van der Waals surface area contributed by atoms with Crippen LogP contribution in [0.15, 0.2) is 131 Å². The number of hydrogen-bond acceptors (Lipinski definition) is 12. The molecule has 78 heavy (non-hydrogen) atoms. The lowest BCUT2D eigenvalue weighted by Crippen LogP contribution is -2.44. The first-order chi connectivity index (χ1) is 38.2. The first-order valence-electron chi connectivity index (χ1n) is 27.7. The van der Waals surface area contributed by atoms with E-state index in [1.165, 1.54) is 22.5 Å². The number of likely N-dealkylation sites (N-methyl/N-ethyl adjacent to an activating group) is 2. The molecule has 6 aromatic carbocycles. The molecule has 4 aliphatic heterocycles. The summed E-state index contributed by atoms with van der Waals surface area (Å²) in [7, 11) is 4.36. The number of ether oxygens (including phenoxy) is 2.